The van der Waals surface area contributed by atoms with Crippen LogP contribution in [0.1, 0.15) is 20.3 Å². The minimum atomic E-state index is -3.40. The van der Waals surface area contributed by atoms with E-state index in [1.165, 1.54) is 4.31 Å². The van der Waals surface area contributed by atoms with Crippen LogP contribution in [-0.2, 0) is 10.0 Å². The van der Waals surface area contributed by atoms with Gasteiger partial charge in [-0.05, 0) is 37.6 Å². The third-order valence-corrected chi connectivity index (χ3v) is 4.93. The number of ether oxygens (including phenoxy) is 1. The lowest BCUT2D eigenvalue weighted by molar-refractivity contribution is 0.380. The average molecular weight is 257 g/mol. The van der Waals surface area contributed by atoms with Gasteiger partial charge in [-0.25, -0.2) is 8.42 Å². The molecule has 17 heavy (non-hydrogen) atoms. The Kier molecular flexibility index (Phi) is 4.54. The van der Waals surface area contributed by atoms with E-state index < -0.39 is 10.0 Å². The van der Waals surface area contributed by atoms with Crippen LogP contribution in [0, 0.1) is 0 Å². The molecule has 0 aliphatic heterocycles. The monoisotopic (exact) mass is 257 g/mol. The third kappa shape index (κ3) is 2.98. The standard InChI is InChI=1S/C12H19NO3S/c1-5-10(2)13(3)17(14,15)12-8-6-11(16-4)7-9-12/h6-10H,5H2,1-4H3/t10-/m1/s1. The molecule has 0 amide bonds. The zero-order chi connectivity index (χ0) is 13.1. The Labute approximate surface area is 103 Å². The Morgan fingerprint density at radius 1 is 1.29 bits per heavy atom. The normalized spacial score (nSPS) is 13.7. The molecule has 0 N–H and O–H groups in total. The van der Waals surface area contributed by atoms with Crippen molar-refractivity contribution in [2.75, 3.05) is 14.2 Å². The van der Waals surface area contributed by atoms with Crippen molar-refractivity contribution in [2.24, 2.45) is 0 Å². The number of benzene rings is 1. The van der Waals surface area contributed by atoms with Crippen molar-refractivity contribution in [1.29, 1.82) is 0 Å². The van der Waals surface area contributed by atoms with Gasteiger partial charge < -0.3 is 4.74 Å². The molecule has 5 heteroatoms. The maximum atomic E-state index is 12.2. The molecule has 1 atom stereocenters. The van der Waals surface area contributed by atoms with Crippen molar-refractivity contribution in [1.82, 2.24) is 4.31 Å². The highest BCUT2D eigenvalue weighted by atomic mass is 32.2. The SMILES string of the molecule is CC[C@@H](C)N(C)S(=O)(=O)c1ccc(OC)cc1. The number of hydrogen-bond acceptors (Lipinski definition) is 3. The summed E-state index contributed by atoms with van der Waals surface area (Å²) < 4.78 is 30.8. The maximum Gasteiger partial charge on any atom is 0.243 e. The van der Waals surface area contributed by atoms with E-state index in [4.69, 9.17) is 4.74 Å². The highest BCUT2D eigenvalue weighted by Gasteiger charge is 2.24. The predicted octanol–water partition coefficient (Wildman–Crippen LogP) is 2.11. The van der Waals surface area contributed by atoms with Gasteiger partial charge >= 0.3 is 0 Å². The zero-order valence-corrected chi connectivity index (χ0v) is 11.5. The minimum Gasteiger partial charge on any atom is -0.497 e. The smallest absolute Gasteiger partial charge is 0.243 e. The van der Waals surface area contributed by atoms with Crippen molar-refractivity contribution in [3.05, 3.63) is 24.3 Å². The van der Waals surface area contributed by atoms with Crippen LogP contribution in [0.4, 0.5) is 0 Å². The molecule has 0 bridgehead atoms. The number of methoxy groups -OCH3 is 1. The van der Waals surface area contributed by atoms with Crippen LogP contribution >= 0.6 is 0 Å². The Hall–Kier alpha value is -1.07. The van der Waals surface area contributed by atoms with E-state index in [0.29, 0.717) is 10.6 Å². The Morgan fingerprint density at radius 3 is 2.24 bits per heavy atom. The van der Waals surface area contributed by atoms with Crippen LogP contribution in [0.15, 0.2) is 29.2 Å². The molecular formula is C12H19NO3S. The molecule has 0 radical (unpaired) electrons. The molecule has 1 aromatic rings. The van der Waals surface area contributed by atoms with Crippen LogP contribution in [-0.4, -0.2) is 32.9 Å². The first-order valence-corrected chi connectivity index (χ1v) is 6.99. The first-order chi connectivity index (χ1) is 7.93. The van der Waals surface area contributed by atoms with Crippen molar-refractivity contribution in [3.63, 3.8) is 0 Å². The van der Waals surface area contributed by atoms with Gasteiger partial charge in [0.05, 0.1) is 12.0 Å². The molecule has 0 heterocycles. The van der Waals surface area contributed by atoms with E-state index in [-0.39, 0.29) is 6.04 Å². The van der Waals surface area contributed by atoms with Gasteiger partial charge in [0, 0.05) is 13.1 Å². The van der Waals surface area contributed by atoms with Crippen LogP contribution in [0.5, 0.6) is 5.75 Å². The summed E-state index contributed by atoms with van der Waals surface area (Å²) in [5, 5.41) is 0. The van der Waals surface area contributed by atoms with Crippen LogP contribution in [0.2, 0.25) is 0 Å². The van der Waals surface area contributed by atoms with E-state index in [1.54, 1.807) is 38.4 Å². The lowest BCUT2D eigenvalue weighted by Gasteiger charge is -2.23. The highest BCUT2D eigenvalue weighted by molar-refractivity contribution is 7.89. The van der Waals surface area contributed by atoms with Gasteiger partial charge in [-0.15, -0.1) is 0 Å². The molecule has 1 aromatic carbocycles. The summed E-state index contributed by atoms with van der Waals surface area (Å²) in [4.78, 5) is 0.293. The summed E-state index contributed by atoms with van der Waals surface area (Å²) in [6.07, 6.45) is 0.784. The fraction of sp³-hybridized carbons (Fsp3) is 0.500. The Morgan fingerprint density at radius 2 is 1.82 bits per heavy atom. The predicted molar refractivity (Wildman–Crippen MR) is 67.7 cm³/mol. The molecule has 0 aliphatic rings. The fourth-order valence-electron chi connectivity index (χ4n) is 1.41. The number of sulfonamides is 1. The second-order valence-corrected chi connectivity index (χ2v) is 5.95. The van der Waals surface area contributed by atoms with Crippen LogP contribution in [0.3, 0.4) is 0 Å². The van der Waals surface area contributed by atoms with Gasteiger partial charge in [-0.1, -0.05) is 6.92 Å². The van der Waals surface area contributed by atoms with Crippen LogP contribution in [0.25, 0.3) is 0 Å². The summed E-state index contributed by atoms with van der Waals surface area (Å²) in [7, 11) is -0.242. The van der Waals surface area contributed by atoms with Gasteiger partial charge in [-0.3, -0.25) is 0 Å². The quantitative estimate of drug-likeness (QED) is 0.811. The second-order valence-electron chi connectivity index (χ2n) is 3.95. The van der Waals surface area contributed by atoms with Gasteiger partial charge in [-0.2, -0.15) is 4.31 Å². The molecule has 0 spiro atoms. The molecule has 96 valence electrons. The van der Waals surface area contributed by atoms with Crippen molar-refractivity contribution in [2.45, 2.75) is 31.2 Å². The molecule has 4 nitrogen and oxygen atoms in total. The molecular weight excluding hydrogens is 238 g/mol. The molecule has 1 rings (SSSR count). The molecule has 0 aromatic heterocycles. The first-order valence-electron chi connectivity index (χ1n) is 5.55. The van der Waals surface area contributed by atoms with Gasteiger partial charge in [0.1, 0.15) is 5.75 Å². The largest absolute Gasteiger partial charge is 0.497 e. The van der Waals surface area contributed by atoms with E-state index in [9.17, 15) is 8.42 Å². The lowest BCUT2D eigenvalue weighted by Crippen LogP contribution is -2.34. The topological polar surface area (TPSA) is 46.6 Å². The van der Waals surface area contributed by atoms with E-state index >= 15 is 0 Å². The minimum absolute atomic E-state index is 0.0119. The first kappa shape index (κ1) is 14.0. The molecule has 0 saturated carbocycles. The second kappa shape index (κ2) is 5.51. The van der Waals surface area contributed by atoms with Crippen molar-refractivity contribution in [3.8, 4) is 5.75 Å². The van der Waals surface area contributed by atoms with Gasteiger partial charge in [0.2, 0.25) is 10.0 Å². The highest BCUT2D eigenvalue weighted by Crippen LogP contribution is 2.20. The lowest BCUT2D eigenvalue weighted by atomic mass is 10.3. The number of rotatable bonds is 5. The fourth-order valence-corrected chi connectivity index (χ4v) is 2.84. The summed E-state index contributed by atoms with van der Waals surface area (Å²) in [5.74, 6) is 0.648. The van der Waals surface area contributed by atoms with E-state index in [0.717, 1.165) is 6.42 Å². The molecule has 0 saturated heterocycles. The average Bonchev–Trinajstić information content (AvgIpc) is 2.36. The summed E-state index contributed by atoms with van der Waals surface area (Å²) in [5.41, 5.74) is 0. The maximum absolute atomic E-state index is 12.2. The third-order valence-electron chi connectivity index (χ3n) is 2.95. The Balaban J connectivity index is 3.04. The van der Waals surface area contributed by atoms with Crippen molar-refractivity contribution >= 4 is 10.0 Å². The molecule has 0 aliphatic carbocycles. The van der Waals surface area contributed by atoms with Gasteiger partial charge in [0.15, 0.2) is 0 Å². The number of nitrogens with zero attached hydrogens (tertiary/aromatic N) is 1. The zero-order valence-electron chi connectivity index (χ0n) is 10.7. The Bertz CT molecular complexity index is 453. The van der Waals surface area contributed by atoms with E-state index in [2.05, 4.69) is 0 Å². The van der Waals surface area contributed by atoms with E-state index in [1.807, 2.05) is 13.8 Å². The van der Waals surface area contributed by atoms with Gasteiger partial charge in [0.25, 0.3) is 0 Å². The summed E-state index contributed by atoms with van der Waals surface area (Å²) in [6.45, 7) is 3.85. The molecule has 0 unspecified atom stereocenters. The van der Waals surface area contributed by atoms with Crippen LogP contribution < -0.4 is 4.74 Å². The van der Waals surface area contributed by atoms with Crippen molar-refractivity contribution < 1.29 is 13.2 Å². The molecule has 0 fully saturated rings. The summed E-state index contributed by atoms with van der Waals surface area (Å²) >= 11 is 0. The number of hydrogen-bond donors (Lipinski definition) is 0. The summed E-state index contributed by atoms with van der Waals surface area (Å²) in [6, 6.07) is 6.41.